The van der Waals surface area contributed by atoms with Gasteiger partial charge < -0.3 is 0 Å². The van der Waals surface area contributed by atoms with Crippen molar-refractivity contribution in [3.8, 4) is 17.3 Å². The second-order valence-electron chi connectivity index (χ2n) is 5.74. The van der Waals surface area contributed by atoms with Crippen molar-refractivity contribution in [1.29, 1.82) is 5.26 Å². The number of fused-ring (bicyclic) bond motifs is 1. The molecular weight excluding hydrogens is 362 g/mol. The predicted octanol–water partition coefficient (Wildman–Crippen LogP) is 3.07. The van der Waals surface area contributed by atoms with Crippen LogP contribution in [-0.2, 0) is 10.0 Å². The van der Waals surface area contributed by atoms with Crippen LogP contribution in [0.4, 0.5) is 5.69 Å². The molecule has 2 aromatic heterocycles. The molecule has 0 aliphatic carbocycles. The lowest BCUT2D eigenvalue weighted by atomic mass is 10.1. The summed E-state index contributed by atoms with van der Waals surface area (Å²) in [6.45, 7) is 0. The minimum Gasteiger partial charge on any atom is -0.291 e. The monoisotopic (exact) mass is 375 g/mol. The molecule has 8 heteroatoms. The van der Waals surface area contributed by atoms with Crippen molar-refractivity contribution in [2.45, 2.75) is 4.90 Å². The zero-order chi connectivity index (χ0) is 18.9. The highest BCUT2D eigenvalue weighted by molar-refractivity contribution is 7.92. The zero-order valence-electron chi connectivity index (χ0n) is 13.9. The molecule has 0 unspecified atom stereocenters. The summed E-state index contributed by atoms with van der Waals surface area (Å²) in [4.78, 5) is 8.56. The molecule has 0 amide bonds. The minimum atomic E-state index is -3.86. The number of hydrogen-bond acceptors (Lipinski definition) is 5. The summed E-state index contributed by atoms with van der Waals surface area (Å²) in [7, 11) is -3.86. The number of anilines is 1. The molecule has 0 saturated carbocycles. The molecule has 0 bridgehead atoms. The predicted molar refractivity (Wildman–Crippen MR) is 100 cm³/mol. The van der Waals surface area contributed by atoms with Gasteiger partial charge in [0.15, 0.2) is 0 Å². The fourth-order valence-corrected chi connectivity index (χ4v) is 3.90. The first-order valence-corrected chi connectivity index (χ1v) is 9.47. The highest BCUT2D eigenvalue weighted by atomic mass is 32.2. The number of benzene rings is 2. The van der Waals surface area contributed by atoms with Crippen LogP contribution in [0.15, 0.2) is 78.1 Å². The summed E-state index contributed by atoms with van der Waals surface area (Å²) >= 11 is 0. The number of imidazole rings is 1. The quantitative estimate of drug-likeness (QED) is 0.591. The van der Waals surface area contributed by atoms with E-state index < -0.39 is 10.0 Å². The Morgan fingerprint density at radius 1 is 1.04 bits per heavy atom. The Morgan fingerprint density at radius 3 is 2.56 bits per heavy atom. The highest BCUT2D eigenvalue weighted by Gasteiger charge is 2.18. The Morgan fingerprint density at radius 2 is 1.81 bits per heavy atom. The summed E-state index contributed by atoms with van der Waals surface area (Å²) < 4.78 is 29.4. The molecule has 0 aliphatic rings. The number of sulfonamides is 1. The third-order valence-corrected chi connectivity index (χ3v) is 5.40. The van der Waals surface area contributed by atoms with Gasteiger partial charge in [-0.1, -0.05) is 24.3 Å². The first kappa shape index (κ1) is 16.8. The number of hydrogen-bond donors (Lipinski definition) is 1. The van der Waals surface area contributed by atoms with E-state index in [9.17, 15) is 8.42 Å². The molecule has 1 N–H and O–H groups in total. The van der Waals surface area contributed by atoms with E-state index in [1.54, 1.807) is 42.6 Å². The van der Waals surface area contributed by atoms with Crippen LogP contribution in [0, 0.1) is 11.3 Å². The van der Waals surface area contributed by atoms with Gasteiger partial charge in [-0.3, -0.25) is 9.12 Å². The lowest BCUT2D eigenvalue weighted by Gasteiger charge is -2.09. The van der Waals surface area contributed by atoms with Gasteiger partial charge in [-0.25, -0.2) is 18.4 Å². The van der Waals surface area contributed by atoms with E-state index in [2.05, 4.69) is 14.7 Å². The van der Waals surface area contributed by atoms with Crippen LogP contribution in [0.25, 0.3) is 17.0 Å². The van der Waals surface area contributed by atoms with E-state index in [4.69, 9.17) is 5.26 Å². The van der Waals surface area contributed by atoms with Crippen LogP contribution in [0.2, 0.25) is 0 Å². The fourth-order valence-electron chi connectivity index (χ4n) is 2.68. The Labute approximate surface area is 155 Å². The largest absolute Gasteiger partial charge is 0.291 e. The number of nitriles is 1. The number of aromatic nitrogens is 3. The smallest absolute Gasteiger partial charge is 0.263 e. The molecular formula is C19H13N5O2S. The normalized spacial score (nSPS) is 11.2. The second-order valence-corrected chi connectivity index (χ2v) is 7.39. The Balaban J connectivity index is 1.62. The van der Waals surface area contributed by atoms with E-state index in [-0.39, 0.29) is 10.5 Å². The van der Waals surface area contributed by atoms with Crippen molar-refractivity contribution >= 4 is 21.5 Å². The van der Waals surface area contributed by atoms with E-state index in [0.29, 0.717) is 11.5 Å². The molecule has 4 rings (SSSR count). The molecule has 2 aromatic carbocycles. The maximum Gasteiger partial charge on any atom is 0.263 e. The van der Waals surface area contributed by atoms with E-state index in [1.807, 2.05) is 28.9 Å². The van der Waals surface area contributed by atoms with E-state index >= 15 is 0 Å². The third kappa shape index (κ3) is 3.23. The average molecular weight is 375 g/mol. The first-order chi connectivity index (χ1) is 13.1. The molecule has 2 heterocycles. The molecule has 4 aromatic rings. The van der Waals surface area contributed by atoms with Crippen molar-refractivity contribution in [3.05, 3.63) is 78.8 Å². The highest BCUT2D eigenvalue weighted by Crippen LogP contribution is 2.23. The van der Waals surface area contributed by atoms with Gasteiger partial charge in [0.25, 0.3) is 10.0 Å². The Hall–Kier alpha value is -3.70. The van der Waals surface area contributed by atoms with Crippen LogP contribution in [0.5, 0.6) is 0 Å². The van der Waals surface area contributed by atoms with Gasteiger partial charge in [0, 0.05) is 29.8 Å². The van der Waals surface area contributed by atoms with Crippen LogP contribution >= 0.6 is 0 Å². The van der Waals surface area contributed by atoms with Gasteiger partial charge in [0.05, 0.1) is 11.3 Å². The Kier molecular flexibility index (Phi) is 4.06. The van der Waals surface area contributed by atoms with Gasteiger partial charge in [-0.05, 0) is 30.3 Å². The number of nitrogens with zero attached hydrogens (tertiary/aromatic N) is 4. The average Bonchev–Trinajstić information content (AvgIpc) is 3.12. The van der Waals surface area contributed by atoms with Gasteiger partial charge in [0.1, 0.15) is 11.0 Å². The molecule has 0 saturated heterocycles. The van der Waals surface area contributed by atoms with Gasteiger partial charge in [0.2, 0.25) is 5.78 Å². The van der Waals surface area contributed by atoms with Crippen LogP contribution in [0.1, 0.15) is 5.56 Å². The van der Waals surface area contributed by atoms with Crippen molar-refractivity contribution in [2.24, 2.45) is 0 Å². The molecule has 0 aliphatic heterocycles. The number of rotatable bonds is 4. The van der Waals surface area contributed by atoms with E-state index in [1.165, 1.54) is 12.1 Å². The minimum absolute atomic E-state index is 0.0528. The van der Waals surface area contributed by atoms with Gasteiger partial charge in [-0.2, -0.15) is 5.26 Å². The lowest BCUT2D eigenvalue weighted by molar-refractivity contribution is 0.601. The summed E-state index contributed by atoms with van der Waals surface area (Å²) in [5.74, 6) is 0.588. The summed E-state index contributed by atoms with van der Waals surface area (Å²) in [5.41, 5.74) is 2.06. The summed E-state index contributed by atoms with van der Waals surface area (Å²) in [5, 5.41) is 9.11. The molecule has 0 atom stereocenters. The standard InChI is InChI=1S/C19H13N5O2S/c20-12-15-4-1-2-5-18(15)27(25,26)23-16-8-6-14(7-9-16)17-13-24-11-3-10-21-19(24)22-17/h1-11,13,23H. The summed E-state index contributed by atoms with van der Waals surface area (Å²) in [6, 6.07) is 16.6. The van der Waals surface area contributed by atoms with Crippen molar-refractivity contribution in [1.82, 2.24) is 14.4 Å². The molecule has 0 spiro atoms. The SMILES string of the molecule is N#Cc1ccccc1S(=O)(=O)Nc1ccc(-c2cn3cccnc3n2)cc1. The van der Waals surface area contributed by atoms with Crippen molar-refractivity contribution < 1.29 is 8.42 Å². The molecule has 27 heavy (non-hydrogen) atoms. The maximum absolute atomic E-state index is 12.6. The van der Waals surface area contributed by atoms with Gasteiger partial charge in [-0.15, -0.1) is 0 Å². The van der Waals surface area contributed by atoms with Crippen molar-refractivity contribution in [3.63, 3.8) is 0 Å². The van der Waals surface area contributed by atoms with Crippen LogP contribution in [0.3, 0.4) is 0 Å². The van der Waals surface area contributed by atoms with Gasteiger partial charge >= 0.3 is 0 Å². The maximum atomic E-state index is 12.6. The molecule has 0 fully saturated rings. The van der Waals surface area contributed by atoms with Crippen molar-refractivity contribution in [2.75, 3.05) is 4.72 Å². The molecule has 132 valence electrons. The second kappa shape index (κ2) is 6.55. The first-order valence-electron chi connectivity index (χ1n) is 7.99. The van der Waals surface area contributed by atoms with E-state index in [0.717, 1.165) is 11.3 Å². The third-order valence-electron chi connectivity index (χ3n) is 3.97. The molecule has 7 nitrogen and oxygen atoms in total. The summed E-state index contributed by atoms with van der Waals surface area (Å²) in [6.07, 6.45) is 5.38. The zero-order valence-corrected chi connectivity index (χ0v) is 14.8. The molecule has 0 radical (unpaired) electrons. The topological polar surface area (TPSA) is 100 Å². The fraction of sp³-hybridized carbons (Fsp3) is 0. The number of nitrogens with one attached hydrogen (secondary N) is 1. The van der Waals surface area contributed by atoms with Crippen LogP contribution < -0.4 is 4.72 Å². The van der Waals surface area contributed by atoms with Crippen LogP contribution in [-0.4, -0.2) is 22.8 Å². The Bertz CT molecular complexity index is 1240. The lowest BCUT2D eigenvalue weighted by Crippen LogP contribution is -2.14.